The summed E-state index contributed by atoms with van der Waals surface area (Å²) in [6, 6.07) is 5.50. The number of methoxy groups -OCH3 is 2. The average Bonchev–Trinajstić information content (AvgIpc) is 2.38. The van der Waals surface area contributed by atoms with Crippen LogP contribution in [0.3, 0.4) is 0 Å². The summed E-state index contributed by atoms with van der Waals surface area (Å²) in [6.07, 6.45) is 0.574. The molecule has 7 heteroatoms. The molecule has 1 aromatic carbocycles. The monoisotopic (exact) mass is 288 g/mol. The van der Waals surface area contributed by atoms with Gasteiger partial charge in [0.05, 0.1) is 20.0 Å². The van der Waals surface area contributed by atoms with E-state index in [0.29, 0.717) is 24.5 Å². The van der Waals surface area contributed by atoms with Crippen LogP contribution in [0.15, 0.2) is 18.2 Å². The van der Waals surface area contributed by atoms with Crippen molar-refractivity contribution in [1.82, 2.24) is 4.72 Å². The fraction of sp³-hybridized carbons (Fsp3) is 0.500. The third kappa shape index (κ3) is 5.06. The number of hydrogen-bond donors (Lipinski definition) is 2. The molecule has 3 N–H and O–H groups in total. The minimum absolute atomic E-state index is 0.0566. The van der Waals surface area contributed by atoms with Gasteiger partial charge in [-0.15, -0.1) is 0 Å². The Bertz CT molecular complexity index is 502. The van der Waals surface area contributed by atoms with Crippen LogP contribution in [0.1, 0.15) is 5.56 Å². The van der Waals surface area contributed by atoms with Crippen molar-refractivity contribution < 1.29 is 17.9 Å². The maximum atomic E-state index is 11.4. The summed E-state index contributed by atoms with van der Waals surface area (Å²) in [7, 11) is -0.132. The summed E-state index contributed by atoms with van der Waals surface area (Å²) >= 11 is 0. The second-order valence-electron chi connectivity index (χ2n) is 3.94. The van der Waals surface area contributed by atoms with Gasteiger partial charge in [-0.3, -0.25) is 0 Å². The summed E-state index contributed by atoms with van der Waals surface area (Å²) in [4.78, 5) is 0. The lowest BCUT2D eigenvalue weighted by Crippen LogP contribution is -2.31. The summed E-state index contributed by atoms with van der Waals surface area (Å²) in [5.74, 6) is 1.22. The van der Waals surface area contributed by atoms with Crippen LogP contribution in [0.25, 0.3) is 0 Å². The summed E-state index contributed by atoms with van der Waals surface area (Å²) in [5.41, 5.74) is 6.18. The topological polar surface area (TPSA) is 90.7 Å². The number of rotatable bonds is 8. The molecular formula is C12H20N2O4S. The highest BCUT2D eigenvalue weighted by atomic mass is 32.2. The molecule has 0 spiro atoms. The van der Waals surface area contributed by atoms with Crippen LogP contribution >= 0.6 is 0 Å². The highest BCUT2D eigenvalue weighted by Crippen LogP contribution is 2.27. The standard InChI is InChI=1S/C12H20N2O4S/c1-17-11-4-3-10(9-12(11)18-2)5-7-14-19(15,16)8-6-13/h3-4,9,14H,5-8,13H2,1-2H3. The van der Waals surface area contributed by atoms with E-state index in [9.17, 15) is 8.42 Å². The summed E-state index contributed by atoms with van der Waals surface area (Å²) in [6.45, 7) is 0.448. The molecule has 19 heavy (non-hydrogen) atoms. The maximum Gasteiger partial charge on any atom is 0.212 e. The molecule has 6 nitrogen and oxygen atoms in total. The van der Waals surface area contributed by atoms with Crippen LogP contribution in [0.4, 0.5) is 0 Å². The zero-order valence-corrected chi connectivity index (χ0v) is 12.0. The molecule has 0 aromatic heterocycles. The predicted octanol–water partition coefficient (Wildman–Crippen LogP) is 0.124. The van der Waals surface area contributed by atoms with Crippen LogP contribution in [0.2, 0.25) is 0 Å². The van der Waals surface area contributed by atoms with Gasteiger partial charge < -0.3 is 15.2 Å². The van der Waals surface area contributed by atoms with Crippen molar-refractivity contribution in [2.75, 3.05) is 33.1 Å². The molecule has 0 fully saturated rings. The van der Waals surface area contributed by atoms with E-state index in [0.717, 1.165) is 5.56 Å². The second kappa shape index (κ2) is 7.32. The van der Waals surface area contributed by atoms with Crippen molar-refractivity contribution in [2.24, 2.45) is 5.73 Å². The Balaban J connectivity index is 2.59. The zero-order chi connectivity index (χ0) is 14.3. The van der Waals surface area contributed by atoms with Gasteiger partial charge >= 0.3 is 0 Å². The van der Waals surface area contributed by atoms with E-state index < -0.39 is 10.0 Å². The first kappa shape index (κ1) is 15.7. The molecule has 0 amide bonds. The van der Waals surface area contributed by atoms with Crippen LogP contribution in [0, 0.1) is 0 Å². The van der Waals surface area contributed by atoms with Crippen LogP contribution in [-0.4, -0.2) is 41.5 Å². The van der Waals surface area contributed by atoms with Gasteiger partial charge in [0, 0.05) is 13.1 Å². The van der Waals surface area contributed by atoms with E-state index in [1.165, 1.54) is 0 Å². The Kier molecular flexibility index (Phi) is 6.07. The first-order valence-corrected chi connectivity index (χ1v) is 7.56. The number of benzene rings is 1. The third-order valence-electron chi connectivity index (χ3n) is 2.57. The zero-order valence-electron chi connectivity index (χ0n) is 11.2. The molecule has 1 rings (SSSR count). The third-order valence-corrected chi connectivity index (χ3v) is 3.99. The maximum absolute atomic E-state index is 11.4. The molecule has 108 valence electrons. The van der Waals surface area contributed by atoms with Crippen molar-refractivity contribution >= 4 is 10.0 Å². The summed E-state index contributed by atoms with van der Waals surface area (Å²) < 4.78 is 35.6. The van der Waals surface area contributed by atoms with Gasteiger partial charge in [0.25, 0.3) is 0 Å². The van der Waals surface area contributed by atoms with Crippen LogP contribution < -0.4 is 19.9 Å². The van der Waals surface area contributed by atoms with Crippen molar-refractivity contribution in [1.29, 1.82) is 0 Å². The molecule has 0 saturated heterocycles. The Morgan fingerprint density at radius 2 is 1.89 bits per heavy atom. The number of nitrogens with two attached hydrogens (primary N) is 1. The van der Waals surface area contributed by atoms with Gasteiger partial charge in [0.2, 0.25) is 10.0 Å². The van der Waals surface area contributed by atoms with Gasteiger partial charge in [0.15, 0.2) is 11.5 Å². The second-order valence-corrected chi connectivity index (χ2v) is 5.87. The van der Waals surface area contributed by atoms with Crippen LogP contribution in [-0.2, 0) is 16.4 Å². The first-order valence-electron chi connectivity index (χ1n) is 5.90. The Hall–Kier alpha value is -1.31. The van der Waals surface area contributed by atoms with Crippen molar-refractivity contribution in [3.63, 3.8) is 0 Å². The van der Waals surface area contributed by atoms with Gasteiger partial charge in [-0.25, -0.2) is 13.1 Å². The lowest BCUT2D eigenvalue weighted by Gasteiger charge is -2.10. The number of nitrogens with one attached hydrogen (secondary N) is 1. The molecule has 0 atom stereocenters. The molecular weight excluding hydrogens is 268 g/mol. The quantitative estimate of drug-likeness (QED) is 0.709. The van der Waals surface area contributed by atoms with Crippen LogP contribution in [0.5, 0.6) is 11.5 Å². The normalized spacial score (nSPS) is 11.3. The lowest BCUT2D eigenvalue weighted by molar-refractivity contribution is 0.354. The van der Waals surface area contributed by atoms with Crippen molar-refractivity contribution in [2.45, 2.75) is 6.42 Å². The molecule has 0 unspecified atom stereocenters. The SMILES string of the molecule is COc1ccc(CCNS(=O)(=O)CCN)cc1OC. The van der Waals surface area contributed by atoms with Crippen molar-refractivity contribution in [3.8, 4) is 11.5 Å². The molecule has 1 aromatic rings. The molecule has 0 heterocycles. The van der Waals surface area contributed by atoms with E-state index in [1.807, 2.05) is 12.1 Å². The molecule has 0 aliphatic rings. The minimum Gasteiger partial charge on any atom is -0.493 e. The van der Waals surface area contributed by atoms with E-state index in [2.05, 4.69) is 4.72 Å². The lowest BCUT2D eigenvalue weighted by atomic mass is 10.1. The summed E-state index contributed by atoms with van der Waals surface area (Å²) in [5, 5.41) is 0. The van der Waals surface area contributed by atoms with Gasteiger partial charge in [-0.1, -0.05) is 6.07 Å². The van der Waals surface area contributed by atoms with Gasteiger partial charge in [0.1, 0.15) is 0 Å². The Morgan fingerprint density at radius 1 is 1.21 bits per heavy atom. The molecule has 0 bridgehead atoms. The Labute approximate surface area is 113 Å². The number of ether oxygens (including phenoxy) is 2. The van der Waals surface area contributed by atoms with Gasteiger partial charge in [-0.05, 0) is 24.1 Å². The average molecular weight is 288 g/mol. The molecule has 0 aliphatic carbocycles. The fourth-order valence-corrected chi connectivity index (χ4v) is 2.48. The van der Waals surface area contributed by atoms with Crippen molar-refractivity contribution in [3.05, 3.63) is 23.8 Å². The molecule has 0 radical (unpaired) electrons. The molecule has 0 saturated carbocycles. The van der Waals surface area contributed by atoms with E-state index in [-0.39, 0.29) is 12.3 Å². The number of sulfonamides is 1. The Morgan fingerprint density at radius 3 is 2.47 bits per heavy atom. The minimum atomic E-state index is -3.26. The largest absolute Gasteiger partial charge is 0.493 e. The first-order chi connectivity index (χ1) is 9.02. The smallest absolute Gasteiger partial charge is 0.212 e. The fourth-order valence-electron chi connectivity index (χ4n) is 1.61. The van der Waals surface area contributed by atoms with E-state index in [4.69, 9.17) is 15.2 Å². The highest BCUT2D eigenvalue weighted by Gasteiger charge is 2.08. The van der Waals surface area contributed by atoms with E-state index >= 15 is 0 Å². The molecule has 0 aliphatic heterocycles. The van der Waals surface area contributed by atoms with Gasteiger partial charge in [-0.2, -0.15) is 0 Å². The highest BCUT2D eigenvalue weighted by molar-refractivity contribution is 7.89. The predicted molar refractivity (Wildman–Crippen MR) is 74.1 cm³/mol. The number of hydrogen-bond acceptors (Lipinski definition) is 5. The van der Waals surface area contributed by atoms with E-state index in [1.54, 1.807) is 20.3 Å².